The average Bonchev–Trinajstić information content (AvgIpc) is 2.57. The number of hydrogen-bond donors (Lipinski definition) is 3. The molecule has 0 atom stereocenters. The number of benzene rings is 1. The van der Waals surface area contributed by atoms with Gasteiger partial charge in [-0.15, -0.1) is 0 Å². The van der Waals surface area contributed by atoms with E-state index in [1.165, 1.54) is 0 Å². The van der Waals surface area contributed by atoms with Crippen LogP contribution in [-0.2, 0) is 14.3 Å². The van der Waals surface area contributed by atoms with Crippen molar-refractivity contribution in [1.82, 2.24) is 5.32 Å². The monoisotopic (exact) mass is 395 g/mol. The Morgan fingerprint density at radius 2 is 1.64 bits per heavy atom. The van der Waals surface area contributed by atoms with Crippen LogP contribution in [0.4, 0.5) is 0 Å². The number of halogens is 2. The summed E-state index contributed by atoms with van der Waals surface area (Å²) in [5, 5.41) is 19.2. The third-order valence-corrected chi connectivity index (χ3v) is 3.53. The molecule has 142 valence electrons. The van der Waals surface area contributed by atoms with Gasteiger partial charge in [-0.3, -0.25) is 0 Å². The molecular formula is C16H23Cl2NO6. The van der Waals surface area contributed by atoms with Crippen molar-refractivity contribution in [3.63, 3.8) is 0 Å². The Balaban J connectivity index is 0.000000823. The van der Waals surface area contributed by atoms with E-state index in [9.17, 15) is 0 Å². The Kier molecular flexibility index (Phi) is 13.9. The second-order valence-electron chi connectivity index (χ2n) is 4.84. The maximum atomic E-state index is 9.10. The number of nitrogens with one attached hydrogen (secondary N) is 1. The highest BCUT2D eigenvalue weighted by atomic mass is 35.5. The van der Waals surface area contributed by atoms with Crippen molar-refractivity contribution in [1.29, 1.82) is 0 Å². The summed E-state index contributed by atoms with van der Waals surface area (Å²) >= 11 is 11.7. The number of rotatable bonds is 10. The van der Waals surface area contributed by atoms with Crippen molar-refractivity contribution in [3.05, 3.63) is 28.2 Å². The summed E-state index contributed by atoms with van der Waals surface area (Å²) in [6.45, 7) is 3.51. The van der Waals surface area contributed by atoms with E-state index in [1.807, 2.05) is 6.07 Å². The van der Waals surface area contributed by atoms with Gasteiger partial charge in [-0.1, -0.05) is 23.2 Å². The Labute approximate surface area is 156 Å². The molecule has 0 fully saturated rings. The number of carboxylic acids is 2. The molecule has 0 aliphatic heterocycles. The van der Waals surface area contributed by atoms with Crippen LogP contribution >= 0.6 is 23.2 Å². The van der Waals surface area contributed by atoms with Gasteiger partial charge in [0.15, 0.2) is 0 Å². The van der Waals surface area contributed by atoms with Crippen LogP contribution in [0.1, 0.15) is 19.3 Å². The summed E-state index contributed by atoms with van der Waals surface area (Å²) in [7, 11) is 1.72. The lowest BCUT2D eigenvalue weighted by molar-refractivity contribution is -0.159. The first-order valence-corrected chi connectivity index (χ1v) is 8.37. The lowest BCUT2D eigenvalue weighted by Gasteiger charge is -2.07. The Morgan fingerprint density at radius 1 is 1.00 bits per heavy atom. The maximum Gasteiger partial charge on any atom is 0.414 e. The molecule has 7 nitrogen and oxygen atoms in total. The quantitative estimate of drug-likeness (QED) is 0.413. The molecule has 0 radical (unpaired) electrons. The first-order chi connectivity index (χ1) is 11.9. The summed E-state index contributed by atoms with van der Waals surface area (Å²) in [5.41, 5.74) is 0. The average molecular weight is 396 g/mol. The van der Waals surface area contributed by atoms with Gasteiger partial charge in [0, 0.05) is 19.8 Å². The first-order valence-electron chi connectivity index (χ1n) is 7.62. The van der Waals surface area contributed by atoms with E-state index in [4.69, 9.17) is 52.5 Å². The normalized spacial score (nSPS) is 9.88. The molecule has 1 aromatic carbocycles. The second-order valence-corrected chi connectivity index (χ2v) is 5.65. The number of ether oxygens (including phenoxy) is 2. The van der Waals surface area contributed by atoms with E-state index in [-0.39, 0.29) is 0 Å². The van der Waals surface area contributed by atoms with Crippen molar-refractivity contribution in [2.75, 3.05) is 33.4 Å². The molecule has 0 heterocycles. The Morgan fingerprint density at radius 3 is 2.20 bits per heavy atom. The topological polar surface area (TPSA) is 105 Å². The lowest BCUT2D eigenvalue weighted by atomic mass is 10.3. The highest BCUT2D eigenvalue weighted by Gasteiger charge is 2.04. The fourth-order valence-corrected chi connectivity index (χ4v) is 1.86. The minimum atomic E-state index is -1.82. The molecule has 0 bridgehead atoms. The van der Waals surface area contributed by atoms with Crippen molar-refractivity contribution in [2.24, 2.45) is 0 Å². The van der Waals surface area contributed by atoms with E-state index in [0.29, 0.717) is 16.7 Å². The fourth-order valence-electron chi connectivity index (χ4n) is 1.58. The van der Waals surface area contributed by atoms with Gasteiger partial charge in [-0.05, 0) is 44.5 Å². The van der Waals surface area contributed by atoms with E-state index < -0.39 is 11.9 Å². The van der Waals surface area contributed by atoms with Gasteiger partial charge in [0.25, 0.3) is 0 Å². The SMILES string of the molecule is COCCCNCCCCOc1ccc(Cl)c(Cl)c1.O=C(O)C(=O)O. The number of unbranched alkanes of at least 4 members (excludes halogenated alkanes) is 1. The predicted molar refractivity (Wildman–Crippen MR) is 95.8 cm³/mol. The van der Waals surface area contributed by atoms with Gasteiger partial charge in [-0.2, -0.15) is 0 Å². The van der Waals surface area contributed by atoms with Crippen molar-refractivity contribution in [2.45, 2.75) is 19.3 Å². The molecule has 9 heteroatoms. The number of carbonyl (C=O) groups is 2. The third kappa shape index (κ3) is 13.4. The van der Waals surface area contributed by atoms with Gasteiger partial charge in [0.1, 0.15) is 5.75 Å². The molecule has 1 aromatic rings. The van der Waals surface area contributed by atoms with Crippen molar-refractivity contribution < 1.29 is 29.3 Å². The minimum Gasteiger partial charge on any atom is -0.494 e. The highest BCUT2D eigenvalue weighted by molar-refractivity contribution is 6.42. The van der Waals surface area contributed by atoms with Gasteiger partial charge in [0.2, 0.25) is 0 Å². The van der Waals surface area contributed by atoms with E-state index in [2.05, 4.69) is 5.32 Å². The van der Waals surface area contributed by atoms with Crippen LogP contribution in [0.25, 0.3) is 0 Å². The van der Waals surface area contributed by atoms with Crippen molar-refractivity contribution in [3.8, 4) is 5.75 Å². The van der Waals surface area contributed by atoms with Crippen molar-refractivity contribution >= 4 is 35.1 Å². The van der Waals surface area contributed by atoms with Crippen LogP contribution in [0.15, 0.2) is 18.2 Å². The van der Waals surface area contributed by atoms with Crippen LogP contribution in [0.5, 0.6) is 5.75 Å². The Bertz CT molecular complexity index is 515. The Hall–Kier alpha value is -1.54. The van der Waals surface area contributed by atoms with Crippen LogP contribution in [0.2, 0.25) is 10.0 Å². The fraction of sp³-hybridized carbons (Fsp3) is 0.500. The molecule has 0 aliphatic carbocycles. The molecule has 0 amide bonds. The summed E-state index contributed by atoms with van der Waals surface area (Å²) in [5.74, 6) is -2.88. The summed E-state index contributed by atoms with van der Waals surface area (Å²) < 4.78 is 10.6. The second kappa shape index (κ2) is 14.8. The highest BCUT2D eigenvalue weighted by Crippen LogP contribution is 2.26. The molecule has 0 saturated carbocycles. The third-order valence-electron chi connectivity index (χ3n) is 2.79. The zero-order valence-corrected chi connectivity index (χ0v) is 15.5. The lowest BCUT2D eigenvalue weighted by Crippen LogP contribution is -2.18. The largest absolute Gasteiger partial charge is 0.494 e. The molecular weight excluding hydrogens is 373 g/mol. The zero-order valence-electron chi connectivity index (χ0n) is 14.0. The molecule has 3 N–H and O–H groups in total. The summed E-state index contributed by atoms with van der Waals surface area (Å²) in [6, 6.07) is 5.32. The molecule has 1 rings (SSSR count). The number of hydrogen-bond acceptors (Lipinski definition) is 5. The number of aliphatic carboxylic acids is 2. The standard InChI is InChI=1S/C14H21Cl2NO2.C2H2O4/c1-18-9-4-8-17-7-2-3-10-19-12-5-6-13(15)14(16)11-12;3-1(4)2(5)6/h5-6,11,17H,2-4,7-10H2,1H3;(H,3,4)(H,5,6). The van der Waals surface area contributed by atoms with Gasteiger partial charge in [0.05, 0.1) is 16.7 Å². The molecule has 25 heavy (non-hydrogen) atoms. The van der Waals surface area contributed by atoms with Gasteiger partial charge in [-0.25, -0.2) is 9.59 Å². The number of carboxylic acid groups (broad SMARTS) is 2. The maximum absolute atomic E-state index is 9.10. The first kappa shape index (κ1) is 23.5. The predicted octanol–water partition coefficient (Wildman–Crippen LogP) is 2.93. The molecule has 0 saturated heterocycles. The molecule has 0 aliphatic rings. The minimum absolute atomic E-state index is 0.527. The zero-order chi connectivity index (χ0) is 19.1. The smallest absolute Gasteiger partial charge is 0.414 e. The number of methoxy groups -OCH3 is 1. The van der Waals surface area contributed by atoms with E-state index in [1.54, 1.807) is 19.2 Å². The van der Waals surface area contributed by atoms with E-state index >= 15 is 0 Å². The molecule has 0 aromatic heterocycles. The van der Waals surface area contributed by atoms with Crippen LogP contribution in [-0.4, -0.2) is 55.6 Å². The molecule has 0 spiro atoms. The van der Waals surface area contributed by atoms with Crippen LogP contribution < -0.4 is 10.1 Å². The summed E-state index contributed by atoms with van der Waals surface area (Å²) in [6.07, 6.45) is 3.15. The molecule has 0 unspecified atom stereocenters. The van der Waals surface area contributed by atoms with Crippen LogP contribution in [0, 0.1) is 0 Å². The van der Waals surface area contributed by atoms with Gasteiger partial charge >= 0.3 is 11.9 Å². The van der Waals surface area contributed by atoms with Gasteiger partial charge < -0.3 is 25.0 Å². The van der Waals surface area contributed by atoms with E-state index in [0.717, 1.165) is 44.7 Å². The van der Waals surface area contributed by atoms with Crippen LogP contribution in [0.3, 0.4) is 0 Å². The summed E-state index contributed by atoms with van der Waals surface area (Å²) in [4.78, 5) is 18.2.